The summed E-state index contributed by atoms with van der Waals surface area (Å²) >= 11 is 0. The largest absolute Gasteiger partial charge is 0.252 e. The van der Waals surface area contributed by atoms with Crippen molar-refractivity contribution in [1.82, 2.24) is 9.97 Å². The van der Waals surface area contributed by atoms with Crippen LogP contribution < -0.4 is 5.30 Å². The highest BCUT2D eigenvalue weighted by molar-refractivity contribution is 7.28. The Bertz CT molecular complexity index is 1100. The van der Waals surface area contributed by atoms with Crippen LogP contribution in [0.4, 0.5) is 0 Å². The van der Waals surface area contributed by atoms with Crippen molar-refractivity contribution in [3.05, 3.63) is 101 Å². The summed E-state index contributed by atoms with van der Waals surface area (Å²) in [5.41, 5.74) is 10.5. The smallest absolute Gasteiger partial charge is 0.0711 e. The number of aromatic nitrogens is 2. The van der Waals surface area contributed by atoms with Gasteiger partial charge in [0.2, 0.25) is 0 Å². The lowest BCUT2D eigenvalue weighted by atomic mass is 9.95. The number of hydrogen-bond donors (Lipinski definition) is 0. The zero-order valence-electron chi connectivity index (χ0n) is 15.8. The van der Waals surface area contributed by atoms with Crippen LogP contribution in [0.5, 0.6) is 0 Å². The molecule has 1 unspecified atom stereocenters. The van der Waals surface area contributed by atoms with Crippen LogP contribution in [0.25, 0.3) is 22.5 Å². The lowest BCUT2D eigenvalue weighted by Gasteiger charge is -2.15. The Hall–Kier alpha value is -2.83. The lowest BCUT2D eigenvalue weighted by Crippen LogP contribution is -2.09. The summed E-state index contributed by atoms with van der Waals surface area (Å²) < 4.78 is 0. The first kappa shape index (κ1) is 17.3. The van der Waals surface area contributed by atoms with Crippen molar-refractivity contribution in [2.45, 2.75) is 19.8 Å². The molecule has 3 heterocycles. The molecule has 2 aromatic heterocycles. The van der Waals surface area contributed by atoms with Crippen LogP contribution in [-0.2, 0) is 12.8 Å². The van der Waals surface area contributed by atoms with Crippen LogP contribution in [-0.4, -0.2) is 9.97 Å². The third kappa shape index (κ3) is 3.04. The van der Waals surface area contributed by atoms with E-state index in [-0.39, 0.29) is 0 Å². The second kappa shape index (κ2) is 6.96. The van der Waals surface area contributed by atoms with Gasteiger partial charge in [0.15, 0.2) is 0 Å². The minimum Gasteiger partial charge on any atom is -0.252 e. The van der Waals surface area contributed by atoms with E-state index in [1.54, 1.807) is 0 Å². The maximum atomic E-state index is 4.99. The Morgan fingerprint density at radius 3 is 1.89 bits per heavy atom. The Morgan fingerprint density at radius 2 is 1.18 bits per heavy atom. The van der Waals surface area contributed by atoms with Gasteiger partial charge in [-0.15, -0.1) is 9.24 Å². The van der Waals surface area contributed by atoms with Gasteiger partial charge < -0.3 is 0 Å². The average Bonchev–Trinajstić information content (AvgIpc) is 2.71. The molecule has 1 aliphatic heterocycles. The molecule has 1 atom stereocenters. The van der Waals surface area contributed by atoms with Gasteiger partial charge in [-0.3, -0.25) is 9.97 Å². The summed E-state index contributed by atoms with van der Waals surface area (Å²) in [6.45, 7) is 2.19. The van der Waals surface area contributed by atoms with Gasteiger partial charge in [0.05, 0.1) is 11.4 Å². The second-order valence-electron chi connectivity index (χ2n) is 7.35. The van der Waals surface area contributed by atoms with E-state index in [9.17, 15) is 0 Å². The quantitative estimate of drug-likeness (QED) is 0.349. The molecule has 136 valence electrons. The third-order valence-electron chi connectivity index (χ3n) is 5.55. The molecule has 0 fully saturated rings. The fraction of sp³-hybridized carbons (Fsp3) is 0.120. The average molecular weight is 380 g/mol. The summed E-state index contributed by atoms with van der Waals surface area (Å²) in [5.74, 6) is 0. The summed E-state index contributed by atoms with van der Waals surface area (Å²) in [6, 6.07) is 25.6. The molecular formula is C25H21N2P. The first-order chi connectivity index (χ1) is 13.7. The Kier molecular flexibility index (Phi) is 4.30. The van der Waals surface area contributed by atoms with E-state index in [1.807, 2.05) is 0 Å². The summed E-state index contributed by atoms with van der Waals surface area (Å²) in [5, 5.41) is 1.20. The standard InChI is InChI=1S/C25H21N2P/c1-16-17-6-2-10-21(16)23-12-4-9-20(26-23)15-18-7-3-11-22(25(18)28)24-13-5-8-19(14-17)27-24/h2-13H,14-15,28H2,1H3. The molecule has 0 amide bonds. The number of hydrogen-bond acceptors (Lipinski definition) is 2. The number of benzene rings is 2. The maximum Gasteiger partial charge on any atom is 0.0711 e. The molecule has 3 heteroatoms. The van der Waals surface area contributed by atoms with E-state index in [1.165, 1.54) is 33.1 Å². The minimum atomic E-state index is 0.805. The molecule has 0 spiro atoms. The van der Waals surface area contributed by atoms with Crippen molar-refractivity contribution < 1.29 is 0 Å². The van der Waals surface area contributed by atoms with E-state index in [0.29, 0.717) is 0 Å². The molecule has 4 aromatic rings. The van der Waals surface area contributed by atoms with Crippen molar-refractivity contribution >= 4 is 14.5 Å². The van der Waals surface area contributed by atoms with E-state index in [0.717, 1.165) is 35.6 Å². The normalized spacial score (nSPS) is 12.4. The number of pyridine rings is 2. The molecule has 0 aliphatic carbocycles. The fourth-order valence-electron chi connectivity index (χ4n) is 3.99. The van der Waals surface area contributed by atoms with Crippen LogP contribution in [0.2, 0.25) is 0 Å². The molecular weight excluding hydrogens is 359 g/mol. The Balaban J connectivity index is 1.79. The number of nitrogens with zero attached hydrogens (tertiary/aromatic N) is 2. The van der Waals surface area contributed by atoms with E-state index in [4.69, 9.17) is 9.97 Å². The fourth-order valence-corrected chi connectivity index (χ4v) is 4.43. The highest BCUT2D eigenvalue weighted by atomic mass is 31.0. The van der Waals surface area contributed by atoms with Crippen molar-refractivity contribution in [3.63, 3.8) is 0 Å². The van der Waals surface area contributed by atoms with Gasteiger partial charge in [0.1, 0.15) is 0 Å². The van der Waals surface area contributed by atoms with Crippen LogP contribution in [0.3, 0.4) is 0 Å². The minimum absolute atomic E-state index is 0.805. The molecule has 28 heavy (non-hydrogen) atoms. The molecule has 2 nitrogen and oxygen atoms in total. The lowest BCUT2D eigenvalue weighted by molar-refractivity contribution is 1.05. The van der Waals surface area contributed by atoms with Crippen LogP contribution in [0, 0.1) is 6.92 Å². The zero-order chi connectivity index (χ0) is 19.1. The van der Waals surface area contributed by atoms with Gasteiger partial charge in [-0.25, -0.2) is 0 Å². The van der Waals surface area contributed by atoms with Crippen molar-refractivity contribution in [2.24, 2.45) is 0 Å². The highest BCUT2D eigenvalue weighted by Gasteiger charge is 2.13. The Labute approximate surface area is 167 Å². The van der Waals surface area contributed by atoms with Gasteiger partial charge in [0.25, 0.3) is 0 Å². The van der Waals surface area contributed by atoms with Gasteiger partial charge in [-0.1, -0.05) is 48.5 Å². The zero-order valence-corrected chi connectivity index (χ0v) is 17.0. The van der Waals surface area contributed by atoms with Gasteiger partial charge >= 0.3 is 0 Å². The second-order valence-corrected chi connectivity index (χ2v) is 7.93. The van der Waals surface area contributed by atoms with Gasteiger partial charge in [0, 0.05) is 35.4 Å². The molecule has 0 N–H and O–H groups in total. The predicted molar refractivity (Wildman–Crippen MR) is 119 cm³/mol. The summed E-state index contributed by atoms with van der Waals surface area (Å²) in [6.07, 6.45) is 1.62. The molecule has 2 aromatic carbocycles. The van der Waals surface area contributed by atoms with E-state index >= 15 is 0 Å². The van der Waals surface area contributed by atoms with Crippen LogP contribution in [0.15, 0.2) is 72.8 Å². The molecule has 8 bridgehead atoms. The van der Waals surface area contributed by atoms with Crippen molar-refractivity contribution in [2.75, 3.05) is 0 Å². The number of rotatable bonds is 0. The topological polar surface area (TPSA) is 25.8 Å². The Morgan fingerprint density at radius 1 is 0.643 bits per heavy atom. The maximum absolute atomic E-state index is 4.99. The summed E-state index contributed by atoms with van der Waals surface area (Å²) in [4.78, 5) is 9.98. The molecule has 0 radical (unpaired) electrons. The highest BCUT2D eigenvalue weighted by Crippen LogP contribution is 2.28. The molecule has 0 saturated carbocycles. The van der Waals surface area contributed by atoms with E-state index in [2.05, 4.69) is 89.0 Å². The molecule has 5 rings (SSSR count). The first-order valence-electron chi connectivity index (χ1n) is 9.57. The van der Waals surface area contributed by atoms with Gasteiger partial charge in [-0.2, -0.15) is 0 Å². The van der Waals surface area contributed by atoms with Crippen molar-refractivity contribution in [3.8, 4) is 22.5 Å². The van der Waals surface area contributed by atoms with Crippen LogP contribution in [0.1, 0.15) is 28.1 Å². The SMILES string of the molecule is Cc1c2cccc1-c1cccc(n1)Cc1cccc(c1P)-c1cccc(n1)C2. The van der Waals surface area contributed by atoms with Gasteiger partial charge in [-0.05, 0) is 53.2 Å². The van der Waals surface area contributed by atoms with E-state index < -0.39 is 0 Å². The summed E-state index contributed by atoms with van der Waals surface area (Å²) in [7, 11) is 2.92. The third-order valence-corrected chi connectivity index (χ3v) is 6.23. The number of fused-ring (bicyclic) bond motifs is 10. The predicted octanol–water partition coefficient (Wildman–Crippen LogP) is 5.11. The molecule has 1 aliphatic rings. The monoisotopic (exact) mass is 380 g/mol. The molecule has 0 saturated heterocycles. The van der Waals surface area contributed by atoms with Crippen LogP contribution >= 0.6 is 9.24 Å². The van der Waals surface area contributed by atoms with Crippen molar-refractivity contribution in [1.29, 1.82) is 0 Å². The first-order valence-corrected chi connectivity index (χ1v) is 10.2.